The quantitative estimate of drug-likeness (QED) is 0.757. The van der Waals surface area contributed by atoms with Crippen molar-refractivity contribution in [1.29, 1.82) is 0 Å². The van der Waals surface area contributed by atoms with Crippen molar-refractivity contribution >= 4 is 17.2 Å². The largest absolute Gasteiger partial charge is 0.493 e. The van der Waals surface area contributed by atoms with Crippen molar-refractivity contribution in [2.75, 3.05) is 45.9 Å². The van der Waals surface area contributed by atoms with Crippen molar-refractivity contribution in [3.05, 3.63) is 51.7 Å². The molecule has 1 unspecified atom stereocenters. The molecular weight excluding hydrogens is 382 g/mol. The topological polar surface area (TPSA) is 36.0 Å². The van der Waals surface area contributed by atoms with Gasteiger partial charge in [-0.1, -0.05) is 18.2 Å². The third-order valence-electron chi connectivity index (χ3n) is 6.43. The van der Waals surface area contributed by atoms with Gasteiger partial charge in [0.15, 0.2) is 0 Å². The molecule has 0 spiro atoms. The zero-order chi connectivity index (χ0) is 19.6. The van der Waals surface area contributed by atoms with Gasteiger partial charge >= 0.3 is 0 Å². The Balaban J connectivity index is 1.12. The number of thiophene rings is 1. The molecule has 0 bridgehead atoms. The first kappa shape index (κ1) is 19.1. The second-order valence-electron chi connectivity index (χ2n) is 8.35. The normalized spacial score (nSPS) is 22.6. The molecule has 0 N–H and O–H groups in total. The first-order chi connectivity index (χ1) is 14.3. The standard InChI is InChI=1S/C23H29N3O2S/c27-23(26-8-1-3-20(26)22-4-2-14-29-22)17-25-11-9-24(10-12-25)16-18-5-6-21-19(15-18)7-13-28-21/h2,4-6,14-15,20H,1,3,7-13,16-17H2. The highest BCUT2D eigenvalue weighted by molar-refractivity contribution is 7.10. The molecule has 0 saturated carbocycles. The fourth-order valence-corrected chi connectivity index (χ4v) is 5.70. The molecule has 0 aliphatic carbocycles. The first-order valence-corrected chi connectivity index (χ1v) is 11.7. The molecule has 3 aliphatic heterocycles. The number of amides is 1. The minimum absolute atomic E-state index is 0.299. The monoisotopic (exact) mass is 411 g/mol. The van der Waals surface area contributed by atoms with Crippen LogP contribution in [0.1, 0.15) is 34.9 Å². The number of hydrogen-bond acceptors (Lipinski definition) is 5. The average molecular weight is 412 g/mol. The molecule has 1 aromatic carbocycles. The van der Waals surface area contributed by atoms with E-state index in [0.717, 1.165) is 70.9 Å². The predicted molar refractivity (Wildman–Crippen MR) is 115 cm³/mol. The summed E-state index contributed by atoms with van der Waals surface area (Å²) in [5, 5.41) is 2.11. The summed E-state index contributed by atoms with van der Waals surface area (Å²) in [6.07, 6.45) is 3.25. The Hall–Kier alpha value is -1.89. The van der Waals surface area contributed by atoms with Crippen LogP contribution in [0.25, 0.3) is 0 Å². The molecule has 6 heteroatoms. The fraction of sp³-hybridized carbons (Fsp3) is 0.522. The molecule has 4 heterocycles. The Morgan fingerprint density at radius 2 is 1.97 bits per heavy atom. The Labute approximate surface area is 176 Å². The third kappa shape index (κ3) is 4.20. The van der Waals surface area contributed by atoms with Crippen molar-refractivity contribution in [3.63, 3.8) is 0 Å². The summed E-state index contributed by atoms with van der Waals surface area (Å²) in [5.74, 6) is 1.35. The zero-order valence-electron chi connectivity index (χ0n) is 16.9. The van der Waals surface area contributed by atoms with E-state index in [1.165, 1.54) is 16.0 Å². The third-order valence-corrected chi connectivity index (χ3v) is 7.40. The van der Waals surface area contributed by atoms with E-state index in [9.17, 15) is 4.79 Å². The van der Waals surface area contributed by atoms with Crippen molar-refractivity contribution < 1.29 is 9.53 Å². The molecule has 1 atom stereocenters. The smallest absolute Gasteiger partial charge is 0.237 e. The molecule has 1 aromatic heterocycles. The van der Waals surface area contributed by atoms with Gasteiger partial charge in [-0.15, -0.1) is 11.3 Å². The Bertz CT molecular complexity index is 846. The summed E-state index contributed by atoms with van der Waals surface area (Å²) in [6, 6.07) is 11.2. The number of rotatable bonds is 5. The average Bonchev–Trinajstić information content (AvgIpc) is 3.49. The van der Waals surface area contributed by atoms with E-state index in [4.69, 9.17) is 4.74 Å². The maximum Gasteiger partial charge on any atom is 0.237 e. The number of fused-ring (bicyclic) bond motifs is 1. The molecule has 29 heavy (non-hydrogen) atoms. The Morgan fingerprint density at radius 3 is 2.79 bits per heavy atom. The summed E-state index contributed by atoms with van der Waals surface area (Å²) >= 11 is 1.77. The lowest BCUT2D eigenvalue weighted by Crippen LogP contribution is -2.49. The van der Waals surface area contributed by atoms with Gasteiger partial charge in [0.1, 0.15) is 5.75 Å². The number of piperazine rings is 1. The highest BCUT2D eigenvalue weighted by Gasteiger charge is 2.31. The zero-order valence-corrected chi connectivity index (χ0v) is 17.7. The van der Waals surface area contributed by atoms with Gasteiger partial charge in [-0.05, 0) is 41.5 Å². The van der Waals surface area contributed by atoms with Crippen molar-refractivity contribution in [2.24, 2.45) is 0 Å². The van der Waals surface area contributed by atoms with E-state index < -0.39 is 0 Å². The van der Waals surface area contributed by atoms with Gasteiger partial charge in [-0.2, -0.15) is 0 Å². The summed E-state index contributed by atoms with van der Waals surface area (Å²) in [5.41, 5.74) is 2.72. The summed E-state index contributed by atoms with van der Waals surface area (Å²) in [4.78, 5) is 21.2. The van der Waals surface area contributed by atoms with Gasteiger partial charge in [0, 0.05) is 50.6 Å². The van der Waals surface area contributed by atoms with Gasteiger partial charge < -0.3 is 9.64 Å². The van der Waals surface area contributed by atoms with E-state index in [-0.39, 0.29) is 0 Å². The number of likely N-dealkylation sites (tertiary alicyclic amines) is 1. The lowest BCUT2D eigenvalue weighted by atomic mass is 10.1. The Morgan fingerprint density at radius 1 is 1.10 bits per heavy atom. The number of nitrogens with zero attached hydrogens (tertiary/aromatic N) is 3. The van der Waals surface area contributed by atoms with Crippen molar-refractivity contribution in [1.82, 2.24) is 14.7 Å². The molecule has 1 amide bonds. The van der Waals surface area contributed by atoms with Crippen LogP contribution < -0.4 is 4.74 Å². The maximum atomic E-state index is 13.0. The van der Waals surface area contributed by atoms with Crippen LogP contribution in [0.5, 0.6) is 5.75 Å². The van der Waals surface area contributed by atoms with Crippen LogP contribution in [0.15, 0.2) is 35.7 Å². The van der Waals surface area contributed by atoms with Gasteiger partial charge in [0.05, 0.1) is 19.2 Å². The highest BCUT2D eigenvalue weighted by Crippen LogP contribution is 2.34. The summed E-state index contributed by atoms with van der Waals surface area (Å²) < 4.78 is 5.61. The van der Waals surface area contributed by atoms with Crippen LogP contribution in [0.2, 0.25) is 0 Å². The first-order valence-electron chi connectivity index (χ1n) is 10.8. The maximum absolute atomic E-state index is 13.0. The number of carbonyl (C=O) groups is 1. The summed E-state index contributed by atoms with van der Waals surface area (Å²) in [7, 11) is 0. The van der Waals surface area contributed by atoms with Crippen LogP contribution in [-0.2, 0) is 17.8 Å². The summed E-state index contributed by atoms with van der Waals surface area (Å²) in [6.45, 7) is 7.26. The highest BCUT2D eigenvalue weighted by atomic mass is 32.1. The number of carbonyl (C=O) groups excluding carboxylic acids is 1. The second-order valence-corrected chi connectivity index (χ2v) is 9.33. The van der Waals surface area contributed by atoms with Crippen LogP contribution in [0.3, 0.4) is 0 Å². The molecule has 2 aromatic rings. The predicted octanol–water partition coefficient (Wildman–Crippen LogP) is 3.16. The van der Waals surface area contributed by atoms with E-state index in [0.29, 0.717) is 18.5 Å². The lowest BCUT2D eigenvalue weighted by molar-refractivity contribution is -0.133. The van der Waals surface area contributed by atoms with Gasteiger partial charge in [-0.25, -0.2) is 0 Å². The molecule has 0 radical (unpaired) electrons. The van der Waals surface area contributed by atoms with Crippen LogP contribution in [0.4, 0.5) is 0 Å². The molecule has 5 rings (SSSR count). The van der Waals surface area contributed by atoms with E-state index in [2.05, 4.69) is 50.4 Å². The fourth-order valence-electron chi connectivity index (χ4n) is 4.83. The molecule has 2 saturated heterocycles. The molecular formula is C23H29N3O2S. The number of benzene rings is 1. The molecule has 2 fully saturated rings. The van der Waals surface area contributed by atoms with Crippen LogP contribution in [0, 0.1) is 0 Å². The van der Waals surface area contributed by atoms with E-state index in [1.807, 2.05) is 0 Å². The van der Waals surface area contributed by atoms with Gasteiger partial charge in [0.25, 0.3) is 0 Å². The second kappa shape index (κ2) is 8.46. The Kier molecular flexibility index (Phi) is 5.57. The lowest BCUT2D eigenvalue weighted by Gasteiger charge is -2.35. The number of hydrogen-bond donors (Lipinski definition) is 0. The van der Waals surface area contributed by atoms with Gasteiger partial charge in [0.2, 0.25) is 5.91 Å². The van der Waals surface area contributed by atoms with Crippen LogP contribution >= 0.6 is 11.3 Å². The molecule has 5 nitrogen and oxygen atoms in total. The molecule has 154 valence electrons. The SMILES string of the molecule is O=C(CN1CCN(Cc2ccc3c(c2)CCO3)CC1)N1CCCC1c1cccs1. The van der Waals surface area contributed by atoms with E-state index >= 15 is 0 Å². The van der Waals surface area contributed by atoms with Crippen molar-refractivity contribution in [3.8, 4) is 5.75 Å². The number of ether oxygens (including phenoxy) is 1. The van der Waals surface area contributed by atoms with E-state index in [1.54, 1.807) is 11.3 Å². The van der Waals surface area contributed by atoms with Crippen molar-refractivity contribution in [2.45, 2.75) is 31.8 Å². The minimum atomic E-state index is 0.299. The minimum Gasteiger partial charge on any atom is -0.493 e. The van der Waals surface area contributed by atoms with Gasteiger partial charge in [-0.3, -0.25) is 14.6 Å². The molecule has 3 aliphatic rings. The van der Waals surface area contributed by atoms with Crippen LogP contribution in [-0.4, -0.2) is 66.5 Å².